The second kappa shape index (κ2) is 10.9. The van der Waals surface area contributed by atoms with Crippen LogP contribution in [-0.4, -0.2) is 36.4 Å². The Morgan fingerprint density at radius 3 is 2.35 bits per heavy atom. The summed E-state index contributed by atoms with van der Waals surface area (Å²) >= 11 is 0. The molecule has 2 amide bonds. The Labute approximate surface area is 213 Å². The Kier molecular flexibility index (Phi) is 7.71. The molecule has 1 aliphatic rings. The molecule has 0 spiro atoms. The lowest BCUT2D eigenvalue weighted by Crippen LogP contribution is -2.31. The minimum Gasteiger partial charge on any atom is -0.478 e. The number of alkyl halides is 3. The average molecular weight is 512 g/mol. The number of aryl methyl sites for hydroxylation is 1. The summed E-state index contributed by atoms with van der Waals surface area (Å²) < 4.78 is 39.3. The van der Waals surface area contributed by atoms with Crippen LogP contribution in [-0.2, 0) is 0 Å². The number of nitrogens with one attached hydrogen (secondary N) is 2. The van der Waals surface area contributed by atoms with Gasteiger partial charge in [0.25, 0.3) is 0 Å². The molecule has 0 radical (unpaired) electrons. The Balaban J connectivity index is 1.70. The molecule has 0 atom stereocenters. The van der Waals surface area contributed by atoms with Crippen LogP contribution >= 0.6 is 0 Å². The highest BCUT2D eigenvalue weighted by molar-refractivity contribution is 6.03. The molecule has 3 N–H and O–H groups in total. The van der Waals surface area contributed by atoms with Gasteiger partial charge in [0.1, 0.15) is 0 Å². The number of rotatable bonds is 9. The first-order chi connectivity index (χ1) is 17.6. The summed E-state index contributed by atoms with van der Waals surface area (Å²) in [6.45, 7) is 2.11. The summed E-state index contributed by atoms with van der Waals surface area (Å²) in [5.41, 5.74) is 3.37. The summed E-state index contributed by atoms with van der Waals surface area (Å²) in [5, 5.41) is 15.1. The number of aromatic carboxylic acids is 1. The van der Waals surface area contributed by atoms with E-state index in [1.54, 1.807) is 53.4 Å². The molecule has 1 saturated carbocycles. The van der Waals surface area contributed by atoms with E-state index < -0.39 is 24.6 Å². The molecular formula is C28H28F3N3O3. The molecule has 3 aromatic carbocycles. The van der Waals surface area contributed by atoms with Crippen molar-refractivity contribution in [2.45, 2.75) is 32.4 Å². The number of carboxylic acid groups (broad SMARTS) is 1. The number of anilines is 3. The molecule has 0 saturated heterocycles. The van der Waals surface area contributed by atoms with Crippen LogP contribution in [0.15, 0.2) is 66.7 Å². The molecule has 9 heteroatoms. The molecule has 0 heterocycles. The van der Waals surface area contributed by atoms with E-state index in [9.17, 15) is 27.9 Å². The van der Waals surface area contributed by atoms with Gasteiger partial charge in [-0.25, -0.2) is 9.59 Å². The summed E-state index contributed by atoms with van der Waals surface area (Å²) in [4.78, 5) is 26.3. The molecule has 37 heavy (non-hydrogen) atoms. The number of benzene rings is 3. The van der Waals surface area contributed by atoms with Crippen molar-refractivity contribution < 1.29 is 27.9 Å². The van der Waals surface area contributed by atoms with Gasteiger partial charge in [-0.3, -0.25) is 0 Å². The van der Waals surface area contributed by atoms with Gasteiger partial charge in [-0.2, -0.15) is 13.2 Å². The van der Waals surface area contributed by atoms with E-state index in [1.165, 1.54) is 6.07 Å². The number of nitrogens with zero attached hydrogens (tertiary/aromatic N) is 1. The smallest absolute Gasteiger partial charge is 0.390 e. The fraction of sp³-hybridized carbons (Fsp3) is 0.286. The van der Waals surface area contributed by atoms with Crippen LogP contribution in [0.3, 0.4) is 0 Å². The van der Waals surface area contributed by atoms with Crippen molar-refractivity contribution in [3.05, 3.63) is 77.9 Å². The molecule has 194 valence electrons. The zero-order valence-corrected chi connectivity index (χ0v) is 20.3. The molecule has 0 bridgehead atoms. The number of amides is 2. The van der Waals surface area contributed by atoms with Crippen molar-refractivity contribution >= 4 is 29.1 Å². The van der Waals surface area contributed by atoms with Gasteiger partial charge in [0.05, 0.1) is 23.4 Å². The van der Waals surface area contributed by atoms with Gasteiger partial charge in [0.2, 0.25) is 0 Å². The highest BCUT2D eigenvalue weighted by atomic mass is 19.4. The van der Waals surface area contributed by atoms with Crippen LogP contribution in [0.5, 0.6) is 0 Å². The maximum absolute atomic E-state index is 13.1. The van der Waals surface area contributed by atoms with Gasteiger partial charge in [-0.1, -0.05) is 42.0 Å². The monoisotopic (exact) mass is 511 g/mol. The third-order valence-electron chi connectivity index (χ3n) is 6.20. The van der Waals surface area contributed by atoms with Crippen molar-refractivity contribution in [3.63, 3.8) is 0 Å². The first-order valence-corrected chi connectivity index (χ1v) is 12.0. The number of carbonyl (C=O) groups is 2. The molecular weight excluding hydrogens is 483 g/mol. The fourth-order valence-electron chi connectivity index (χ4n) is 4.11. The molecule has 6 nitrogen and oxygen atoms in total. The van der Waals surface area contributed by atoms with Crippen LogP contribution in [0.2, 0.25) is 0 Å². The number of carboxylic acids is 1. The molecule has 0 aromatic heterocycles. The van der Waals surface area contributed by atoms with Gasteiger partial charge < -0.3 is 20.6 Å². The number of carbonyl (C=O) groups excluding carboxylic acids is 1. The van der Waals surface area contributed by atoms with E-state index in [2.05, 4.69) is 10.6 Å². The Bertz CT molecular complexity index is 1270. The van der Waals surface area contributed by atoms with Gasteiger partial charge in [-0.15, -0.1) is 0 Å². The second-order valence-electron chi connectivity index (χ2n) is 9.28. The Morgan fingerprint density at radius 1 is 1.00 bits per heavy atom. The maximum Gasteiger partial charge on any atom is 0.390 e. The van der Waals surface area contributed by atoms with Crippen molar-refractivity contribution in [3.8, 4) is 11.1 Å². The first kappa shape index (κ1) is 26.1. The summed E-state index contributed by atoms with van der Waals surface area (Å²) in [7, 11) is 0. The minimum atomic E-state index is -4.32. The van der Waals surface area contributed by atoms with Crippen molar-refractivity contribution in [2.75, 3.05) is 28.6 Å². The lowest BCUT2D eigenvalue weighted by atomic mass is 9.98. The van der Waals surface area contributed by atoms with E-state index in [1.807, 2.05) is 19.1 Å². The number of hydrogen-bond donors (Lipinski definition) is 3. The van der Waals surface area contributed by atoms with E-state index >= 15 is 0 Å². The predicted molar refractivity (Wildman–Crippen MR) is 138 cm³/mol. The zero-order valence-electron chi connectivity index (χ0n) is 20.3. The van der Waals surface area contributed by atoms with Crippen LogP contribution in [0.1, 0.15) is 35.2 Å². The highest BCUT2D eigenvalue weighted by Gasteiger charge is 2.31. The molecule has 1 aliphatic carbocycles. The second-order valence-corrected chi connectivity index (χ2v) is 9.28. The standard InChI is InChI=1S/C28H28F3N3O3/c1-18-6-11-21(12-7-18)32-27(37)33-24-16-20(22-4-2-3-5-23(22)26(35)36)10-13-25(24)34(17-19-8-9-19)15-14-28(29,30)31/h2-7,10-13,16,19H,8-9,14-15,17H2,1H3,(H,35,36)(H2,32,33,37). The van der Waals surface area contributed by atoms with E-state index in [0.717, 1.165) is 18.4 Å². The molecule has 4 rings (SSSR count). The highest BCUT2D eigenvalue weighted by Crippen LogP contribution is 2.37. The van der Waals surface area contributed by atoms with Crippen LogP contribution in [0.25, 0.3) is 11.1 Å². The van der Waals surface area contributed by atoms with Gasteiger partial charge in [0, 0.05) is 18.8 Å². The molecule has 1 fully saturated rings. The van der Waals surface area contributed by atoms with Crippen molar-refractivity contribution in [2.24, 2.45) is 5.92 Å². The first-order valence-electron chi connectivity index (χ1n) is 12.0. The zero-order chi connectivity index (χ0) is 26.6. The van der Waals surface area contributed by atoms with Gasteiger partial charge >= 0.3 is 18.2 Å². The lowest BCUT2D eigenvalue weighted by Gasteiger charge is -2.28. The Morgan fingerprint density at radius 2 is 1.70 bits per heavy atom. The summed E-state index contributed by atoms with van der Waals surface area (Å²) in [5.74, 6) is -0.804. The van der Waals surface area contributed by atoms with Gasteiger partial charge in [0.15, 0.2) is 0 Å². The molecule has 3 aromatic rings. The lowest BCUT2D eigenvalue weighted by molar-refractivity contribution is -0.132. The normalized spacial score (nSPS) is 13.2. The number of hydrogen-bond acceptors (Lipinski definition) is 3. The van der Waals surface area contributed by atoms with Crippen molar-refractivity contribution in [1.29, 1.82) is 0 Å². The van der Waals surface area contributed by atoms with Crippen LogP contribution in [0, 0.1) is 12.8 Å². The van der Waals surface area contributed by atoms with Crippen molar-refractivity contribution in [1.82, 2.24) is 0 Å². The van der Waals surface area contributed by atoms with E-state index in [4.69, 9.17) is 0 Å². The SMILES string of the molecule is Cc1ccc(NC(=O)Nc2cc(-c3ccccc3C(=O)O)ccc2N(CCC(F)(F)F)CC2CC2)cc1. The maximum atomic E-state index is 13.1. The van der Waals surface area contributed by atoms with Crippen LogP contribution in [0.4, 0.5) is 35.0 Å². The Hall–Kier alpha value is -4.01. The fourth-order valence-corrected chi connectivity index (χ4v) is 4.11. The van der Waals surface area contributed by atoms with E-state index in [0.29, 0.717) is 40.7 Å². The quantitative estimate of drug-likeness (QED) is 0.284. The molecule has 0 unspecified atom stereocenters. The number of halogens is 3. The molecule has 0 aliphatic heterocycles. The third-order valence-corrected chi connectivity index (χ3v) is 6.20. The van der Waals surface area contributed by atoms with E-state index in [-0.39, 0.29) is 12.1 Å². The largest absolute Gasteiger partial charge is 0.478 e. The topological polar surface area (TPSA) is 81.7 Å². The average Bonchev–Trinajstić information content (AvgIpc) is 3.67. The van der Waals surface area contributed by atoms with Crippen LogP contribution < -0.4 is 15.5 Å². The van der Waals surface area contributed by atoms with Gasteiger partial charge in [-0.05, 0) is 67.1 Å². The summed E-state index contributed by atoms with van der Waals surface area (Å²) in [6.07, 6.45) is -3.41. The summed E-state index contributed by atoms with van der Waals surface area (Å²) in [6, 6.07) is 18.0. The predicted octanol–water partition coefficient (Wildman–Crippen LogP) is 7.17. The third kappa shape index (κ3) is 7.25. The minimum absolute atomic E-state index is 0.0808. The number of urea groups is 1.